The minimum Gasteiger partial charge on any atom is -0.507 e. The van der Waals surface area contributed by atoms with Gasteiger partial charge < -0.3 is 30.6 Å². The van der Waals surface area contributed by atoms with E-state index in [0.29, 0.717) is 18.4 Å². The van der Waals surface area contributed by atoms with E-state index < -0.39 is 5.97 Å². The number of fused-ring (bicyclic) bond motifs is 1. The van der Waals surface area contributed by atoms with Crippen molar-refractivity contribution in [1.29, 1.82) is 0 Å². The molecule has 2 aliphatic heterocycles. The second-order valence-corrected chi connectivity index (χ2v) is 7.31. The number of ketones is 1. The third kappa shape index (κ3) is 6.69. The minimum atomic E-state index is -0.543. The fraction of sp³-hybridized carbons (Fsp3) is 0.455. The molecule has 166 valence electrons. The monoisotopic (exact) mass is 420 g/mol. The molecule has 0 amide bonds. The average molecular weight is 421 g/mol. The first-order valence-electron chi connectivity index (χ1n) is 9.88. The number of nitrogens with zero attached hydrogens (tertiary/aromatic N) is 2. The Morgan fingerprint density at radius 3 is 2.40 bits per heavy atom. The number of carbonyl (C=O) groups excluding carboxylic acids is 2. The van der Waals surface area contributed by atoms with Gasteiger partial charge in [-0.25, -0.2) is 4.79 Å². The van der Waals surface area contributed by atoms with E-state index in [9.17, 15) is 14.7 Å². The van der Waals surface area contributed by atoms with Gasteiger partial charge in [0.1, 0.15) is 11.3 Å². The predicted molar refractivity (Wildman–Crippen MR) is 117 cm³/mol. The van der Waals surface area contributed by atoms with Gasteiger partial charge >= 0.3 is 5.97 Å². The van der Waals surface area contributed by atoms with E-state index >= 15 is 0 Å². The summed E-state index contributed by atoms with van der Waals surface area (Å²) in [7, 11) is 2.09. The van der Waals surface area contributed by atoms with Crippen LogP contribution in [0.5, 0.6) is 5.75 Å². The van der Waals surface area contributed by atoms with Crippen molar-refractivity contribution in [2.45, 2.75) is 25.7 Å². The number of carbonyl (C=O) groups is 2. The number of hydrogen-bond acceptors (Lipinski definition) is 6. The highest BCUT2D eigenvalue weighted by molar-refractivity contribution is 5.97. The lowest BCUT2D eigenvalue weighted by Crippen LogP contribution is -2.44. The summed E-state index contributed by atoms with van der Waals surface area (Å²) in [6.07, 6.45) is 9.54. The highest BCUT2D eigenvalue weighted by atomic mass is 16.5. The Kier molecular flexibility index (Phi) is 10.2. The second-order valence-electron chi connectivity index (χ2n) is 7.31. The topological polar surface area (TPSA) is 133 Å². The Balaban J connectivity index is 0.00000225. The van der Waals surface area contributed by atoms with Crippen molar-refractivity contribution < 1.29 is 30.4 Å². The zero-order valence-electron chi connectivity index (χ0n) is 17.4. The van der Waals surface area contributed by atoms with E-state index in [1.54, 1.807) is 18.2 Å². The molecule has 0 unspecified atom stereocenters. The summed E-state index contributed by atoms with van der Waals surface area (Å²) in [5.74, 6) is -0.509. The number of piperazine rings is 1. The van der Waals surface area contributed by atoms with Crippen molar-refractivity contribution in [2.75, 3.05) is 44.7 Å². The molecule has 0 saturated carbocycles. The quantitative estimate of drug-likeness (QED) is 0.682. The first-order valence-corrected chi connectivity index (χ1v) is 9.88. The van der Waals surface area contributed by atoms with Crippen LogP contribution in [0, 0.1) is 0 Å². The molecule has 0 aliphatic carbocycles. The van der Waals surface area contributed by atoms with E-state index in [4.69, 9.17) is 4.74 Å². The molecule has 30 heavy (non-hydrogen) atoms. The van der Waals surface area contributed by atoms with Gasteiger partial charge in [-0.3, -0.25) is 4.79 Å². The number of cyclic esters (lactones) is 1. The predicted octanol–water partition coefficient (Wildman–Crippen LogP) is 1.36. The van der Waals surface area contributed by atoms with Gasteiger partial charge in [-0.2, -0.15) is 0 Å². The lowest BCUT2D eigenvalue weighted by atomic mass is 10.0. The third-order valence-corrected chi connectivity index (χ3v) is 5.12. The number of allylic oxidation sites excluding steroid dienone is 2. The van der Waals surface area contributed by atoms with Crippen LogP contribution in [0.2, 0.25) is 0 Å². The molecule has 1 aromatic rings. The molecule has 0 radical (unpaired) electrons. The first-order chi connectivity index (χ1) is 13.5. The molecular weight excluding hydrogens is 388 g/mol. The van der Waals surface area contributed by atoms with Crippen LogP contribution in [0.25, 0.3) is 6.08 Å². The largest absolute Gasteiger partial charge is 0.507 e. The Morgan fingerprint density at radius 1 is 0.967 bits per heavy atom. The molecule has 2 heterocycles. The molecule has 2 aliphatic rings. The van der Waals surface area contributed by atoms with Gasteiger partial charge in [-0.15, -0.1) is 0 Å². The third-order valence-electron chi connectivity index (χ3n) is 5.12. The van der Waals surface area contributed by atoms with Gasteiger partial charge in [-0.1, -0.05) is 18.2 Å². The molecule has 0 atom stereocenters. The second kappa shape index (κ2) is 12.1. The normalized spacial score (nSPS) is 20.6. The van der Waals surface area contributed by atoms with E-state index in [0.717, 1.165) is 44.7 Å². The van der Waals surface area contributed by atoms with Crippen LogP contribution < -0.4 is 4.90 Å². The van der Waals surface area contributed by atoms with Gasteiger partial charge in [0.15, 0.2) is 5.78 Å². The number of anilines is 1. The van der Waals surface area contributed by atoms with Crippen molar-refractivity contribution in [3.8, 4) is 5.75 Å². The van der Waals surface area contributed by atoms with Crippen molar-refractivity contribution in [3.05, 3.63) is 41.5 Å². The van der Waals surface area contributed by atoms with Crippen LogP contribution in [0.1, 0.15) is 41.6 Å². The summed E-state index contributed by atoms with van der Waals surface area (Å²) in [5, 5.41) is 10.6. The maximum atomic E-state index is 12.6. The fourth-order valence-electron chi connectivity index (χ4n) is 3.43. The van der Waals surface area contributed by atoms with Crippen LogP contribution in [0.4, 0.5) is 5.69 Å². The van der Waals surface area contributed by atoms with E-state index in [-0.39, 0.29) is 34.7 Å². The lowest BCUT2D eigenvalue weighted by Gasteiger charge is -2.34. The number of ether oxygens (including phenoxy) is 1. The molecule has 8 heteroatoms. The fourth-order valence-corrected chi connectivity index (χ4v) is 3.43. The number of phenols is 1. The zero-order chi connectivity index (χ0) is 19.9. The van der Waals surface area contributed by atoms with Crippen molar-refractivity contribution in [1.82, 2.24) is 4.90 Å². The number of hydrogen-bond donors (Lipinski definition) is 1. The minimum absolute atomic E-state index is 0. The summed E-state index contributed by atoms with van der Waals surface area (Å²) in [6.45, 7) is 3.83. The summed E-state index contributed by atoms with van der Waals surface area (Å²) >= 11 is 0. The Hall–Kier alpha value is -2.68. The lowest BCUT2D eigenvalue weighted by molar-refractivity contribution is -0.114. The highest BCUT2D eigenvalue weighted by Crippen LogP contribution is 2.31. The SMILES string of the molecule is CN1CCN(c2cc(O)c3c(c2)/C=C/CCCC(=O)/C=C\CCOC3=O)CC1.O.O. The molecule has 0 spiro atoms. The van der Waals surface area contributed by atoms with Crippen LogP contribution in [-0.4, -0.2) is 72.5 Å². The number of phenolic OH excluding ortho intramolecular Hbond substituents is 1. The van der Waals surface area contributed by atoms with Gasteiger partial charge in [0.25, 0.3) is 0 Å². The van der Waals surface area contributed by atoms with Crippen molar-refractivity contribution in [3.63, 3.8) is 0 Å². The smallest absolute Gasteiger partial charge is 0.342 e. The Morgan fingerprint density at radius 2 is 1.67 bits per heavy atom. The highest BCUT2D eigenvalue weighted by Gasteiger charge is 2.21. The van der Waals surface area contributed by atoms with Crippen LogP contribution in [-0.2, 0) is 9.53 Å². The number of benzene rings is 1. The molecular formula is C22H32N2O6. The molecule has 1 aromatic carbocycles. The molecule has 1 fully saturated rings. The van der Waals surface area contributed by atoms with Crippen molar-refractivity contribution >= 4 is 23.5 Å². The first kappa shape index (κ1) is 25.4. The van der Waals surface area contributed by atoms with Crippen LogP contribution in [0.3, 0.4) is 0 Å². The zero-order valence-corrected chi connectivity index (χ0v) is 17.4. The van der Waals surface area contributed by atoms with Gasteiger partial charge in [0.2, 0.25) is 0 Å². The Labute approximate surface area is 177 Å². The maximum Gasteiger partial charge on any atom is 0.342 e. The molecule has 8 nitrogen and oxygen atoms in total. The number of esters is 1. The Bertz CT molecular complexity index is 782. The van der Waals surface area contributed by atoms with E-state index in [1.807, 2.05) is 18.2 Å². The van der Waals surface area contributed by atoms with Gasteiger partial charge in [0, 0.05) is 44.4 Å². The molecule has 3 rings (SSSR count). The van der Waals surface area contributed by atoms with Crippen LogP contribution >= 0.6 is 0 Å². The number of rotatable bonds is 1. The summed E-state index contributed by atoms with van der Waals surface area (Å²) < 4.78 is 5.31. The number of aromatic hydroxyl groups is 1. The van der Waals surface area contributed by atoms with Gasteiger partial charge in [-0.05, 0) is 44.0 Å². The average Bonchev–Trinajstić information content (AvgIpc) is 2.67. The maximum absolute atomic E-state index is 12.6. The summed E-state index contributed by atoms with van der Waals surface area (Å²) in [5.41, 5.74) is 1.75. The standard InChI is InChI=1S/C22H28N2O4.2H2O/c1-23-10-12-24(13-11-23)18-15-17-7-3-2-4-8-19(25)9-5-6-14-28-22(27)21(17)20(26)16-18;;/h3,5,7,9,15-16,26H,2,4,6,8,10-14H2,1H3;2*1H2/b7-3+,9-5-;;. The molecule has 5 N–H and O–H groups in total. The summed E-state index contributed by atoms with van der Waals surface area (Å²) in [4.78, 5) is 28.8. The molecule has 0 aromatic heterocycles. The van der Waals surface area contributed by atoms with Crippen molar-refractivity contribution in [2.24, 2.45) is 0 Å². The summed E-state index contributed by atoms with van der Waals surface area (Å²) in [6, 6.07) is 3.59. The van der Waals surface area contributed by atoms with E-state index in [1.165, 1.54) is 0 Å². The molecule has 1 saturated heterocycles. The van der Waals surface area contributed by atoms with Crippen LogP contribution in [0.15, 0.2) is 30.4 Å². The van der Waals surface area contributed by atoms with Gasteiger partial charge in [0.05, 0.1) is 6.61 Å². The number of likely N-dealkylation sites (N-methyl/N-ethyl adjacent to an activating group) is 1. The molecule has 0 bridgehead atoms. The van der Waals surface area contributed by atoms with E-state index in [2.05, 4.69) is 16.8 Å².